The van der Waals surface area contributed by atoms with Gasteiger partial charge in [0.05, 0.1) is 12.2 Å². The van der Waals surface area contributed by atoms with E-state index in [2.05, 4.69) is 32.7 Å². The summed E-state index contributed by atoms with van der Waals surface area (Å²) in [5.41, 5.74) is 11.2. The third kappa shape index (κ3) is 6.16. The Kier molecular flexibility index (Phi) is 8.22. The van der Waals surface area contributed by atoms with Crippen molar-refractivity contribution in [2.45, 2.75) is 19.1 Å². The fraction of sp³-hybridized carbons (Fsp3) is 0.357. The number of hydrogen-bond acceptors (Lipinski definition) is 7. The molecular formula is C28H36N8O2. The normalized spacial score (nSPS) is 18.8. The summed E-state index contributed by atoms with van der Waals surface area (Å²) in [5, 5.41) is 16.3. The molecule has 200 valence electrons. The summed E-state index contributed by atoms with van der Waals surface area (Å²) in [6.07, 6.45) is 4.59. The average molecular weight is 517 g/mol. The molecule has 0 spiro atoms. The zero-order valence-corrected chi connectivity index (χ0v) is 21.5. The molecule has 10 nitrogen and oxygen atoms in total. The van der Waals surface area contributed by atoms with Crippen molar-refractivity contribution in [3.63, 3.8) is 0 Å². The van der Waals surface area contributed by atoms with E-state index >= 15 is 0 Å². The molecule has 7 N–H and O–H groups in total. The fourth-order valence-corrected chi connectivity index (χ4v) is 4.76. The highest BCUT2D eigenvalue weighted by molar-refractivity contribution is 5.96. The first-order valence-electron chi connectivity index (χ1n) is 13.2. The molecule has 1 fully saturated rings. The Morgan fingerprint density at radius 3 is 2.68 bits per heavy atom. The first-order chi connectivity index (χ1) is 18.6. The van der Waals surface area contributed by atoms with Gasteiger partial charge in [-0.3, -0.25) is 9.69 Å². The molecule has 3 heterocycles. The number of hydrogen-bond donors (Lipinski definition) is 6. The molecule has 5 rings (SSSR count). The quantitative estimate of drug-likeness (QED) is 0.263. The van der Waals surface area contributed by atoms with Crippen LogP contribution in [0.5, 0.6) is 0 Å². The molecule has 3 aliphatic rings. The molecule has 10 heteroatoms. The molecule has 2 aromatic carbocycles. The van der Waals surface area contributed by atoms with Crippen LogP contribution in [-0.2, 0) is 11.3 Å². The molecule has 3 aliphatic heterocycles. The third-order valence-electron chi connectivity index (χ3n) is 6.90. The maximum atomic E-state index is 12.9. The minimum atomic E-state index is -0.286. The number of nitrogens with two attached hydrogens (primary N) is 1. The zero-order valence-electron chi connectivity index (χ0n) is 21.5. The molecule has 2 aromatic rings. The van der Waals surface area contributed by atoms with Crippen LogP contribution in [0, 0.1) is 0 Å². The van der Waals surface area contributed by atoms with Gasteiger partial charge in [-0.15, -0.1) is 0 Å². The fourth-order valence-electron chi connectivity index (χ4n) is 4.76. The lowest BCUT2D eigenvalue weighted by Crippen LogP contribution is -2.51. The summed E-state index contributed by atoms with van der Waals surface area (Å²) in [6, 6.07) is 15.7. The van der Waals surface area contributed by atoms with Gasteiger partial charge in [0.2, 0.25) is 5.91 Å². The number of nitrogens with zero attached hydrogens (tertiary/aromatic N) is 2. The van der Waals surface area contributed by atoms with Crippen LogP contribution in [0.15, 0.2) is 66.4 Å². The van der Waals surface area contributed by atoms with E-state index in [-0.39, 0.29) is 24.6 Å². The van der Waals surface area contributed by atoms with Crippen LogP contribution in [0.3, 0.4) is 0 Å². The number of fused-ring (bicyclic) bond motifs is 1. The molecule has 0 saturated carbocycles. The molecule has 0 bridgehead atoms. The lowest BCUT2D eigenvalue weighted by Gasteiger charge is -2.29. The molecule has 38 heavy (non-hydrogen) atoms. The standard InChI is InChI=1S/C28H36N8O2/c29-9-2-10-31-17-20-5-7-24(8-6-20)36-19-22-16-25(33-27(22)34-28(36)38)21-3-1-4-23(15-21)32-18-26(37)35-13-11-30-12-14-35/h1,3-8,15-16,19,27,30-33H,2,9-14,17-18,29H2,(H,34,38). The van der Waals surface area contributed by atoms with Crippen LogP contribution in [-0.4, -0.2) is 68.8 Å². The van der Waals surface area contributed by atoms with E-state index in [1.165, 1.54) is 0 Å². The smallest absolute Gasteiger partial charge is 0.327 e. The number of piperazine rings is 1. The van der Waals surface area contributed by atoms with Crippen molar-refractivity contribution >= 4 is 29.0 Å². The number of urea groups is 1. The highest BCUT2D eigenvalue weighted by atomic mass is 16.2. The second-order valence-electron chi connectivity index (χ2n) is 9.63. The number of anilines is 2. The van der Waals surface area contributed by atoms with Crippen molar-refractivity contribution in [1.29, 1.82) is 0 Å². The number of nitrogens with one attached hydrogen (secondary N) is 5. The highest BCUT2D eigenvalue weighted by Gasteiger charge is 2.31. The average Bonchev–Trinajstić information content (AvgIpc) is 3.37. The number of benzene rings is 2. The molecular weight excluding hydrogens is 480 g/mol. The van der Waals surface area contributed by atoms with E-state index in [1.807, 2.05) is 59.6 Å². The van der Waals surface area contributed by atoms with Gasteiger partial charge in [0.15, 0.2) is 0 Å². The second-order valence-corrected chi connectivity index (χ2v) is 9.63. The minimum absolute atomic E-state index is 0.102. The molecule has 1 atom stereocenters. The summed E-state index contributed by atoms with van der Waals surface area (Å²) < 4.78 is 0. The minimum Gasteiger partial charge on any atom is -0.376 e. The third-order valence-corrected chi connectivity index (χ3v) is 6.90. The van der Waals surface area contributed by atoms with Crippen LogP contribution >= 0.6 is 0 Å². The Bertz CT molecular complexity index is 1200. The van der Waals surface area contributed by atoms with Crippen molar-refractivity contribution in [2.75, 3.05) is 56.0 Å². The molecule has 1 unspecified atom stereocenters. The van der Waals surface area contributed by atoms with Gasteiger partial charge < -0.3 is 37.2 Å². The van der Waals surface area contributed by atoms with Gasteiger partial charge in [-0.1, -0.05) is 24.3 Å². The predicted octanol–water partition coefficient (Wildman–Crippen LogP) is 1.35. The van der Waals surface area contributed by atoms with Crippen LogP contribution in [0.25, 0.3) is 5.70 Å². The van der Waals surface area contributed by atoms with Gasteiger partial charge in [-0.25, -0.2) is 4.79 Å². The van der Waals surface area contributed by atoms with Crippen LogP contribution < -0.4 is 37.2 Å². The van der Waals surface area contributed by atoms with Gasteiger partial charge in [0.25, 0.3) is 0 Å². The van der Waals surface area contributed by atoms with Gasteiger partial charge >= 0.3 is 6.03 Å². The molecule has 0 aromatic heterocycles. The van der Waals surface area contributed by atoms with Crippen molar-refractivity contribution in [1.82, 2.24) is 26.2 Å². The number of carbonyl (C=O) groups is 2. The van der Waals surface area contributed by atoms with E-state index in [1.54, 1.807) is 4.90 Å². The van der Waals surface area contributed by atoms with Gasteiger partial charge in [-0.2, -0.15) is 0 Å². The van der Waals surface area contributed by atoms with Gasteiger partial charge in [-0.05, 0) is 61.0 Å². The Hall–Kier alpha value is -3.86. The van der Waals surface area contributed by atoms with E-state index in [4.69, 9.17) is 5.73 Å². The maximum Gasteiger partial charge on any atom is 0.327 e. The lowest BCUT2D eigenvalue weighted by atomic mass is 10.1. The number of rotatable bonds is 10. The van der Waals surface area contributed by atoms with Gasteiger partial charge in [0, 0.05) is 55.9 Å². The SMILES string of the molecule is NCCCNCc1ccc(N2C=C3C=C(c4cccc(NCC(=O)N5CCNCC5)c4)NC3NC2=O)cc1. The first kappa shape index (κ1) is 25.8. The van der Waals surface area contributed by atoms with E-state index < -0.39 is 0 Å². The monoisotopic (exact) mass is 516 g/mol. The summed E-state index contributed by atoms with van der Waals surface area (Å²) in [5.74, 6) is 0.102. The maximum absolute atomic E-state index is 12.9. The molecule has 0 radical (unpaired) electrons. The predicted molar refractivity (Wildman–Crippen MR) is 150 cm³/mol. The van der Waals surface area contributed by atoms with Crippen molar-refractivity contribution in [3.8, 4) is 0 Å². The lowest BCUT2D eigenvalue weighted by molar-refractivity contribution is -0.129. The largest absolute Gasteiger partial charge is 0.376 e. The molecule has 3 amide bonds. The second kappa shape index (κ2) is 12.1. The Balaban J connectivity index is 1.23. The van der Waals surface area contributed by atoms with Crippen LogP contribution in [0.1, 0.15) is 17.5 Å². The topological polar surface area (TPSA) is 127 Å². The van der Waals surface area contributed by atoms with Crippen LogP contribution in [0.2, 0.25) is 0 Å². The Morgan fingerprint density at radius 2 is 1.89 bits per heavy atom. The van der Waals surface area contributed by atoms with E-state index in [9.17, 15) is 9.59 Å². The Morgan fingerprint density at radius 1 is 1.08 bits per heavy atom. The van der Waals surface area contributed by atoms with E-state index in [0.717, 1.165) is 79.5 Å². The van der Waals surface area contributed by atoms with Crippen molar-refractivity contribution in [3.05, 3.63) is 77.5 Å². The number of carbonyl (C=O) groups excluding carboxylic acids is 2. The number of amides is 3. The summed E-state index contributed by atoms with van der Waals surface area (Å²) in [4.78, 5) is 28.9. The summed E-state index contributed by atoms with van der Waals surface area (Å²) in [6.45, 7) is 5.75. The highest BCUT2D eigenvalue weighted by Crippen LogP contribution is 2.29. The molecule has 1 saturated heterocycles. The van der Waals surface area contributed by atoms with Crippen molar-refractivity contribution in [2.24, 2.45) is 5.73 Å². The molecule has 0 aliphatic carbocycles. The van der Waals surface area contributed by atoms with Gasteiger partial charge in [0.1, 0.15) is 6.17 Å². The Labute approximate surface area is 223 Å². The summed E-state index contributed by atoms with van der Waals surface area (Å²) in [7, 11) is 0. The summed E-state index contributed by atoms with van der Waals surface area (Å²) >= 11 is 0. The van der Waals surface area contributed by atoms with Crippen LogP contribution in [0.4, 0.5) is 16.2 Å². The van der Waals surface area contributed by atoms with E-state index in [0.29, 0.717) is 6.54 Å². The zero-order chi connectivity index (χ0) is 26.3. The first-order valence-corrected chi connectivity index (χ1v) is 13.2. The van der Waals surface area contributed by atoms with Crippen molar-refractivity contribution < 1.29 is 9.59 Å².